The van der Waals surface area contributed by atoms with Crippen molar-refractivity contribution in [3.05, 3.63) is 35.0 Å². The number of esters is 2. The number of benzene rings is 1. The highest BCUT2D eigenvalue weighted by Crippen LogP contribution is 2.27. The van der Waals surface area contributed by atoms with Gasteiger partial charge >= 0.3 is 11.9 Å². The van der Waals surface area contributed by atoms with Crippen LogP contribution in [-0.4, -0.2) is 33.3 Å². The third-order valence-corrected chi connectivity index (χ3v) is 2.63. The molecule has 0 amide bonds. The number of hydrogen-bond acceptors (Lipinski definition) is 6. The maximum atomic E-state index is 11.6. The second-order valence-corrected chi connectivity index (χ2v) is 3.95. The van der Waals surface area contributed by atoms with E-state index >= 15 is 0 Å². The van der Waals surface area contributed by atoms with Crippen LogP contribution >= 0.6 is 11.6 Å². The Morgan fingerprint density at radius 2 is 1.90 bits per heavy atom. The average molecular weight is 300 g/mol. The van der Waals surface area contributed by atoms with E-state index in [0.717, 1.165) is 6.08 Å². The minimum atomic E-state index is -0.720. The monoisotopic (exact) mass is 299 g/mol. The summed E-state index contributed by atoms with van der Waals surface area (Å²) in [5.41, 5.74) is 0.333. The standard InChI is InChI=1S/C13H14ClNO5/c1-18-8-4-5-10(9(14)6-8)15-11(13(17)20-3)7-12(16)19-2/h4-7,15H,1-3H3/b11-7+. The summed E-state index contributed by atoms with van der Waals surface area (Å²) in [4.78, 5) is 22.8. The number of halogens is 1. The van der Waals surface area contributed by atoms with E-state index in [1.165, 1.54) is 21.3 Å². The van der Waals surface area contributed by atoms with Crippen molar-refractivity contribution in [2.45, 2.75) is 0 Å². The number of carbonyl (C=O) groups excluding carboxylic acids is 2. The SMILES string of the molecule is COC(=O)/C=C(/Nc1ccc(OC)cc1Cl)C(=O)OC. The molecule has 0 bridgehead atoms. The average Bonchev–Trinajstić information content (AvgIpc) is 2.47. The highest BCUT2D eigenvalue weighted by Gasteiger charge is 2.14. The zero-order chi connectivity index (χ0) is 15.1. The fourth-order valence-corrected chi connectivity index (χ4v) is 1.52. The van der Waals surface area contributed by atoms with Gasteiger partial charge in [-0.3, -0.25) is 0 Å². The topological polar surface area (TPSA) is 73.9 Å². The van der Waals surface area contributed by atoms with Gasteiger partial charge in [0.05, 0.1) is 38.1 Å². The van der Waals surface area contributed by atoms with Gasteiger partial charge in [0.25, 0.3) is 0 Å². The van der Waals surface area contributed by atoms with E-state index in [1.807, 2.05) is 0 Å². The van der Waals surface area contributed by atoms with Gasteiger partial charge in [0.2, 0.25) is 0 Å². The van der Waals surface area contributed by atoms with E-state index in [1.54, 1.807) is 18.2 Å². The number of rotatable bonds is 5. The number of methoxy groups -OCH3 is 3. The quantitative estimate of drug-likeness (QED) is 0.662. The lowest BCUT2D eigenvalue weighted by Gasteiger charge is -2.11. The Morgan fingerprint density at radius 1 is 1.20 bits per heavy atom. The van der Waals surface area contributed by atoms with E-state index in [4.69, 9.17) is 16.3 Å². The van der Waals surface area contributed by atoms with E-state index in [9.17, 15) is 9.59 Å². The smallest absolute Gasteiger partial charge is 0.354 e. The molecular formula is C13H14ClNO5. The number of hydrogen-bond donors (Lipinski definition) is 1. The van der Waals surface area contributed by atoms with Crippen LogP contribution < -0.4 is 10.1 Å². The van der Waals surface area contributed by atoms with Crippen LogP contribution in [-0.2, 0) is 19.1 Å². The first-order chi connectivity index (χ1) is 9.51. The number of carbonyl (C=O) groups is 2. The molecule has 7 heteroatoms. The van der Waals surface area contributed by atoms with Gasteiger partial charge in [-0.15, -0.1) is 0 Å². The summed E-state index contributed by atoms with van der Waals surface area (Å²) < 4.78 is 14.0. The van der Waals surface area contributed by atoms with Crippen molar-refractivity contribution >= 4 is 29.2 Å². The van der Waals surface area contributed by atoms with Gasteiger partial charge in [0.1, 0.15) is 11.4 Å². The van der Waals surface area contributed by atoms with Gasteiger partial charge in [-0.05, 0) is 12.1 Å². The molecule has 0 aliphatic heterocycles. The normalized spacial score (nSPS) is 10.7. The molecule has 1 aromatic carbocycles. The van der Waals surface area contributed by atoms with Crippen LogP contribution in [0.15, 0.2) is 30.0 Å². The van der Waals surface area contributed by atoms with Crippen molar-refractivity contribution in [2.24, 2.45) is 0 Å². The Kier molecular flexibility index (Phi) is 5.86. The van der Waals surface area contributed by atoms with Crippen LogP contribution in [0, 0.1) is 0 Å². The second kappa shape index (κ2) is 7.40. The lowest BCUT2D eigenvalue weighted by molar-refractivity contribution is -0.138. The van der Waals surface area contributed by atoms with Gasteiger partial charge < -0.3 is 19.5 Å². The van der Waals surface area contributed by atoms with Gasteiger partial charge in [-0.2, -0.15) is 0 Å². The molecule has 0 radical (unpaired) electrons. The second-order valence-electron chi connectivity index (χ2n) is 3.54. The van der Waals surface area contributed by atoms with Gasteiger partial charge in [-0.1, -0.05) is 11.6 Å². The fourth-order valence-electron chi connectivity index (χ4n) is 1.30. The number of ether oxygens (including phenoxy) is 3. The van der Waals surface area contributed by atoms with E-state index in [-0.39, 0.29) is 5.70 Å². The third-order valence-electron chi connectivity index (χ3n) is 2.31. The molecule has 0 aromatic heterocycles. The van der Waals surface area contributed by atoms with Crippen LogP contribution in [0.25, 0.3) is 0 Å². The van der Waals surface area contributed by atoms with Crippen molar-refractivity contribution in [1.82, 2.24) is 0 Å². The molecule has 1 N–H and O–H groups in total. The molecule has 20 heavy (non-hydrogen) atoms. The zero-order valence-corrected chi connectivity index (χ0v) is 12.0. The van der Waals surface area contributed by atoms with E-state index in [2.05, 4.69) is 14.8 Å². The van der Waals surface area contributed by atoms with Gasteiger partial charge in [0, 0.05) is 6.07 Å². The maximum absolute atomic E-state index is 11.6. The largest absolute Gasteiger partial charge is 0.497 e. The van der Waals surface area contributed by atoms with Crippen LogP contribution in [0.2, 0.25) is 5.02 Å². The predicted molar refractivity (Wildman–Crippen MR) is 73.7 cm³/mol. The zero-order valence-electron chi connectivity index (χ0n) is 11.2. The summed E-state index contributed by atoms with van der Waals surface area (Å²) in [6.45, 7) is 0. The number of nitrogens with one attached hydrogen (secondary N) is 1. The van der Waals surface area contributed by atoms with Crippen molar-refractivity contribution in [2.75, 3.05) is 26.6 Å². The Morgan fingerprint density at radius 3 is 2.40 bits per heavy atom. The van der Waals surface area contributed by atoms with Crippen LogP contribution in [0.4, 0.5) is 5.69 Å². The molecule has 0 heterocycles. The molecule has 0 saturated heterocycles. The van der Waals surface area contributed by atoms with Crippen molar-refractivity contribution in [3.8, 4) is 5.75 Å². The van der Waals surface area contributed by atoms with Crippen molar-refractivity contribution in [3.63, 3.8) is 0 Å². The first-order valence-electron chi connectivity index (χ1n) is 5.50. The predicted octanol–water partition coefficient (Wildman–Crippen LogP) is 1.99. The first kappa shape index (κ1) is 15.8. The van der Waals surface area contributed by atoms with E-state index in [0.29, 0.717) is 16.5 Å². The summed E-state index contributed by atoms with van der Waals surface area (Å²) in [5.74, 6) is -0.845. The Labute approximate surface area is 121 Å². The van der Waals surface area contributed by atoms with Crippen molar-refractivity contribution < 1.29 is 23.8 Å². The molecule has 1 aromatic rings. The third kappa shape index (κ3) is 4.17. The lowest BCUT2D eigenvalue weighted by atomic mass is 10.2. The minimum absolute atomic E-state index is 0.0913. The molecular weight excluding hydrogens is 286 g/mol. The molecule has 1 rings (SSSR count). The number of anilines is 1. The minimum Gasteiger partial charge on any atom is -0.497 e. The first-order valence-corrected chi connectivity index (χ1v) is 5.88. The molecule has 0 aliphatic rings. The Balaban J connectivity index is 3.04. The molecule has 6 nitrogen and oxygen atoms in total. The van der Waals surface area contributed by atoms with Crippen LogP contribution in [0.1, 0.15) is 0 Å². The van der Waals surface area contributed by atoms with Crippen molar-refractivity contribution in [1.29, 1.82) is 0 Å². The molecule has 0 spiro atoms. The molecule has 0 unspecified atom stereocenters. The summed E-state index contributed by atoms with van der Waals surface area (Å²) >= 11 is 6.03. The molecule has 0 aliphatic carbocycles. The Bertz CT molecular complexity index is 542. The summed E-state index contributed by atoms with van der Waals surface area (Å²) in [6, 6.07) is 4.83. The maximum Gasteiger partial charge on any atom is 0.354 e. The van der Waals surface area contributed by atoms with Crippen LogP contribution in [0.5, 0.6) is 5.75 Å². The van der Waals surface area contributed by atoms with Crippen LogP contribution in [0.3, 0.4) is 0 Å². The fraction of sp³-hybridized carbons (Fsp3) is 0.231. The molecule has 0 fully saturated rings. The summed E-state index contributed by atoms with van der Waals surface area (Å²) in [6.07, 6.45) is 0.979. The molecule has 108 valence electrons. The highest BCUT2D eigenvalue weighted by atomic mass is 35.5. The molecule has 0 saturated carbocycles. The van der Waals surface area contributed by atoms with Gasteiger partial charge in [0.15, 0.2) is 0 Å². The van der Waals surface area contributed by atoms with E-state index < -0.39 is 11.9 Å². The summed E-state index contributed by atoms with van der Waals surface area (Å²) in [5, 5.41) is 3.04. The molecule has 0 atom stereocenters. The highest BCUT2D eigenvalue weighted by molar-refractivity contribution is 6.33. The summed E-state index contributed by atoms with van der Waals surface area (Å²) in [7, 11) is 3.91. The Hall–Kier alpha value is -2.21. The van der Waals surface area contributed by atoms with Gasteiger partial charge in [-0.25, -0.2) is 9.59 Å². The lowest BCUT2D eigenvalue weighted by Crippen LogP contribution is -2.15.